The maximum Gasteiger partial charge on any atom is 0.331 e. The van der Waals surface area contributed by atoms with Crippen molar-refractivity contribution in [2.75, 3.05) is 0 Å². The maximum atomic E-state index is 12.2. The molecule has 2 atom stereocenters. The molecule has 0 aromatic carbocycles. The zero-order chi connectivity index (χ0) is 26.7. The molecule has 0 spiro atoms. The molecule has 0 aromatic heterocycles. The fraction of sp³-hybridized carbons (Fsp3) is 0.875. The summed E-state index contributed by atoms with van der Waals surface area (Å²) in [5.74, 6) is -0.886. The summed E-state index contributed by atoms with van der Waals surface area (Å²) in [5.41, 5.74) is 0. The van der Waals surface area contributed by atoms with Crippen LogP contribution in [0.5, 0.6) is 0 Å². The zero-order valence-electron chi connectivity index (χ0n) is 24.5. The molecule has 4 nitrogen and oxygen atoms in total. The topological polar surface area (TPSA) is 52.6 Å². The minimum atomic E-state index is -0.443. The van der Waals surface area contributed by atoms with Gasteiger partial charge in [0.05, 0.1) is 0 Å². The van der Waals surface area contributed by atoms with Crippen LogP contribution in [0.25, 0.3) is 0 Å². The Morgan fingerprint density at radius 2 is 0.750 bits per heavy atom. The van der Waals surface area contributed by atoms with E-state index in [1.165, 1.54) is 115 Å². The highest BCUT2D eigenvalue weighted by molar-refractivity contribution is 5.91. The van der Waals surface area contributed by atoms with Gasteiger partial charge in [0.1, 0.15) is 12.2 Å². The van der Waals surface area contributed by atoms with Crippen molar-refractivity contribution < 1.29 is 19.1 Å². The third-order valence-electron chi connectivity index (χ3n) is 7.09. The van der Waals surface area contributed by atoms with Crippen LogP contribution in [0.15, 0.2) is 12.2 Å². The Labute approximate surface area is 224 Å². The second-order valence-corrected chi connectivity index (χ2v) is 10.5. The van der Waals surface area contributed by atoms with Crippen LogP contribution in [-0.4, -0.2) is 24.1 Å². The summed E-state index contributed by atoms with van der Waals surface area (Å²) in [6, 6.07) is 0. The average molecular weight is 509 g/mol. The number of hydrogen-bond donors (Lipinski definition) is 0. The van der Waals surface area contributed by atoms with Gasteiger partial charge in [-0.3, -0.25) is 0 Å². The van der Waals surface area contributed by atoms with E-state index in [0.29, 0.717) is 0 Å². The first kappa shape index (κ1) is 34.7. The van der Waals surface area contributed by atoms with Crippen LogP contribution < -0.4 is 0 Å². The van der Waals surface area contributed by atoms with Gasteiger partial charge in [-0.25, -0.2) is 9.59 Å². The first-order chi connectivity index (χ1) is 17.6. The molecular formula is C32H60O4. The van der Waals surface area contributed by atoms with Gasteiger partial charge in [0, 0.05) is 12.2 Å². The highest BCUT2D eigenvalue weighted by Crippen LogP contribution is 2.16. The molecule has 0 saturated heterocycles. The second kappa shape index (κ2) is 26.7. The molecule has 0 aliphatic carbocycles. The van der Waals surface area contributed by atoms with Crippen molar-refractivity contribution >= 4 is 11.9 Å². The molecule has 0 aliphatic rings. The summed E-state index contributed by atoms with van der Waals surface area (Å²) >= 11 is 0. The summed E-state index contributed by atoms with van der Waals surface area (Å²) < 4.78 is 11.1. The van der Waals surface area contributed by atoms with Crippen molar-refractivity contribution in [1.82, 2.24) is 0 Å². The number of hydrogen-bond acceptors (Lipinski definition) is 4. The molecule has 0 amide bonds. The van der Waals surface area contributed by atoms with E-state index in [2.05, 4.69) is 13.8 Å². The van der Waals surface area contributed by atoms with E-state index >= 15 is 0 Å². The average Bonchev–Trinajstić information content (AvgIpc) is 2.88. The van der Waals surface area contributed by atoms with Crippen molar-refractivity contribution in [3.8, 4) is 0 Å². The number of unbranched alkanes of at least 4 members (excludes halogenated alkanes) is 16. The molecule has 0 N–H and O–H groups in total. The Kier molecular flexibility index (Phi) is 25.8. The van der Waals surface area contributed by atoms with Crippen LogP contribution in [-0.2, 0) is 19.1 Å². The smallest absolute Gasteiger partial charge is 0.331 e. The van der Waals surface area contributed by atoms with E-state index < -0.39 is 11.9 Å². The summed E-state index contributed by atoms with van der Waals surface area (Å²) in [5, 5.41) is 0. The first-order valence-corrected chi connectivity index (χ1v) is 15.7. The van der Waals surface area contributed by atoms with Gasteiger partial charge >= 0.3 is 11.9 Å². The van der Waals surface area contributed by atoms with E-state index in [0.717, 1.165) is 38.5 Å². The Hall–Kier alpha value is -1.32. The molecular weight excluding hydrogens is 448 g/mol. The Balaban J connectivity index is 3.95. The van der Waals surface area contributed by atoms with Gasteiger partial charge in [0.25, 0.3) is 0 Å². The SMILES string of the molecule is CCCCCCCCCCCC(CC)OC(=O)/C=C/C(=O)OC(CC)CCCCCCCCCCC. The predicted octanol–water partition coefficient (Wildman–Crippen LogP) is 10.0. The van der Waals surface area contributed by atoms with Crippen LogP contribution in [0.4, 0.5) is 0 Å². The first-order valence-electron chi connectivity index (χ1n) is 15.7. The lowest BCUT2D eigenvalue weighted by Crippen LogP contribution is -2.18. The highest BCUT2D eigenvalue weighted by atomic mass is 16.5. The molecule has 0 bridgehead atoms. The summed E-state index contributed by atoms with van der Waals surface area (Å²) in [6.45, 7) is 8.59. The molecule has 0 saturated carbocycles. The number of carbonyl (C=O) groups is 2. The standard InChI is InChI=1S/C32H60O4/c1-5-9-11-13-15-17-19-21-23-25-29(7-3)35-31(33)27-28-32(34)36-30(8-4)26-24-22-20-18-16-14-12-10-6-2/h27-30H,5-26H2,1-4H3/b28-27+. The van der Waals surface area contributed by atoms with Crippen molar-refractivity contribution in [1.29, 1.82) is 0 Å². The van der Waals surface area contributed by atoms with Crippen molar-refractivity contribution in [3.05, 3.63) is 12.2 Å². The number of carbonyl (C=O) groups excluding carboxylic acids is 2. The normalized spacial score (nSPS) is 13.1. The van der Waals surface area contributed by atoms with E-state index in [1.54, 1.807) is 0 Å². The largest absolute Gasteiger partial charge is 0.459 e. The van der Waals surface area contributed by atoms with Crippen molar-refractivity contribution in [3.63, 3.8) is 0 Å². The van der Waals surface area contributed by atoms with Gasteiger partial charge in [0.15, 0.2) is 0 Å². The van der Waals surface area contributed by atoms with E-state index in [1.807, 2.05) is 13.8 Å². The fourth-order valence-electron chi connectivity index (χ4n) is 4.60. The Morgan fingerprint density at radius 3 is 1.03 bits per heavy atom. The highest BCUT2D eigenvalue weighted by Gasteiger charge is 2.13. The van der Waals surface area contributed by atoms with Crippen molar-refractivity contribution in [2.24, 2.45) is 0 Å². The molecule has 2 unspecified atom stereocenters. The lowest BCUT2D eigenvalue weighted by molar-refractivity contribution is -0.146. The third kappa shape index (κ3) is 23.1. The zero-order valence-corrected chi connectivity index (χ0v) is 24.5. The molecule has 212 valence electrons. The minimum absolute atomic E-state index is 0.0715. The number of ether oxygens (including phenoxy) is 2. The van der Waals surface area contributed by atoms with Gasteiger partial charge in [-0.05, 0) is 38.5 Å². The van der Waals surface area contributed by atoms with Crippen LogP contribution in [0, 0.1) is 0 Å². The minimum Gasteiger partial charge on any atom is -0.459 e. The van der Waals surface area contributed by atoms with Gasteiger partial charge < -0.3 is 9.47 Å². The third-order valence-corrected chi connectivity index (χ3v) is 7.09. The van der Waals surface area contributed by atoms with Crippen LogP contribution in [0.2, 0.25) is 0 Å². The quantitative estimate of drug-likeness (QED) is 0.0662. The molecule has 36 heavy (non-hydrogen) atoms. The van der Waals surface area contributed by atoms with Gasteiger partial charge in [-0.2, -0.15) is 0 Å². The summed E-state index contributed by atoms with van der Waals surface area (Å²) in [7, 11) is 0. The number of esters is 2. The molecule has 4 heteroatoms. The molecule has 0 rings (SSSR count). The summed E-state index contributed by atoms with van der Waals surface area (Å²) in [4.78, 5) is 24.3. The number of rotatable bonds is 26. The molecule has 0 radical (unpaired) electrons. The van der Waals surface area contributed by atoms with Gasteiger partial charge in [-0.1, -0.05) is 130 Å². The lowest BCUT2D eigenvalue weighted by atomic mass is 10.0. The van der Waals surface area contributed by atoms with E-state index in [9.17, 15) is 9.59 Å². The Morgan fingerprint density at radius 1 is 0.472 bits per heavy atom. The molecule has 0 aromatic rings. The van der Waals surface area contributed by atoms with Crippen LogP contribution >= 0.6 is 0 Å². The predicted molar refractivity (Wildman–Crippen MR) is 153 cm³/mol. The second-order valence-electron chi connectivity index (χ2n) is 10.5. The lowest BCUT2D eigenvalue weighted by Gasteiger charge is -2.16. The molecule has 0 heterocycles. The van der Waals surface area contributed by atoms with Gasteiger partial charge in [-0.15, -0.1) is 0 Å². The van der Waals surface area contributed by atoms with E-state index in [4.69, 9.17) is 9.47 Å². The van der Waals surface area contributed by atoms with Crippen LogP contribution in [0.1, 0.15) is 169 Å². The fourth-order valence-corrected chi connectivity index (χ4v) is 4.60. The van der Waals surface area contributed by atoms with E-state index in [-0.39, 0.29) is 12.2 Å². The van der Waals surface area contributed by atoms with Gasteiger partial charge in [0.2, 0.25) is 0 Å². The van der Waals surface area contributed by atoms with Crippen molar-refractivity contribution in [2.45, 2.75) is 181 Å². The van der Waals surface area contributed by atoms with Crippen LogP contribution in [0.3, 0.4) is 0 Å². The molecule has 0 fully saturated rings. The Bertz CT molecular complexity index is 482. The maximum absolute atomic E-state index is 12.2. The molecule has 0 aliphatic heterocycles. The summed E-state index contributed by atoms with van der Waals surface area (Å²) in [6.07, 6.45) is 28.9. The monoisotopic (exact) mass is 508 g/mol.